The van der Waals surface area contributed by atoms with Crippen molar-refractivity contribution in [3.8, 4) is 5.75 Å². The van der Waals surface area contributed by atoms with Gasteiger partial charge in [0.2, 0.25) is 0 Å². The van der Waals surface area contributed by atoms with Crippen molar-refractivity contribution in [2.75, 3.05) is 14.2 Å². The molecule has 0 bridgehead atoms. The van der Waals surface area contributed by atoms with Crippen LogP contribution < -0.4 is 10.1 Å². The Morgan fingerprint density at radius 1 is 1.47 bits per heavy atom. The van der Waals surface area contributed by atoms with Gasteiger partial charge in [0.15, 0.2) is 17.1 Å². The molecule has 0 radical (unpaired) electrons. The maximum atomic E-state index is 11.3. The zero-order valence-corrected chi connectivity index (χ0v) is 8.53. The quantitative estimate of drug-likeness (QED) is 0.813. The van der Waals surface area contributed by atoms with Gasteiger partial charge in [0, 0.05) is 12.4 Å². The van der Waals surface area contributed by atoms with Gasteiger partial charge in [-0.05, 0) is 12.1 Å². The van der Waals surface area contributed by atoms with Gasteiger partial charge in [-0.1, -0.05) is 12.1 Å². The lowest BCUT2D eigenvalue weighted by molar-refractivity contribution is 0.0937. The highest BCUT2D eigenvalue weighted by Gasteiger charge is 2.12. The predicted octanol–water partition coefficient (Wildman–Crippen LogP) is 1.80. The Morgan fingerprint density at radius 3 is 2.93 bits per heavy atom. The second-order valence-corrected chi connectivity index (χ2v) is 3.07. The molecule has 4 heteroatoms. The summed E-state index contributed by atoms with van der Waals surface area (Å²) in [6.45, 7) is 0. The third-order valence-electron chi connectivity index (χ3n) is 2.18. The lowest BCUT2D eigenvalue weighted by Gasteiger charge is -1.98. The molecule has 1 heterocycles. The van der Waals surface area contributed by atoms with Crippen molar-refractivity contribution < 1.29 is 13.9 Å². The molecule has 0 aliphatic carbocycles. The Bertz CT molecular complexity index is 502. The molecule has 78 valence electrons. The van der Waals surface area contributed by atoms with Crippen LogP contribution in [-0.2, 0) is 0 Å². The highest BCUT2D eigenvalue weighted by atomic mass is 16.5. The summed E-state index contributed by atoms with van der Waals surface area (Å²) in [5.41, 5.74) is 0.596. The van der Waals surface area contributed by atoms with Gasteiger partial charge in [-0.3, -0.25) is 4.79 Å². The first-order chi connectivity index (χ1) is 7.26. The average Bonchev–Trinajstić information content (AvgIpc) is 2.71. The van der Waals surface area contributed by atoms with Crippen LogP contribution in [0, 0.1) is 0 Å². The topological polar surface area (TPSA) is 51.5 Å². The molecule has 0 aliphatic heterocycles. The number of hydrogen-bond donors (Lipinski definition) is 1. The van der Waals surface area contributed by atoms with E-state index < -0.39 is 0 Å². The largest absolute Gasteiger partial charge is 0.493 e. The summed E-state index contributed by atoms with van der Waals surface area (Å²) >= 11 is 0. The predicted molar refractivity (Wildman–Crippen MR) is 56.2 cm³/mol. The van der Waals surface area contributed by atoms with Crippen LogP contribution >= 0.6 is 0 Å². The van der Waals surface area contributed by atoms with Crippen molar-refractivity contribution in [3.05, 3.63) is 30.0 Å². The summed E-state index contributed by atoms with van der Waals surface area (Å²) in [6.07, 6.45) is 0. The number of methoxy groups -OCH3 is 1. The fourth-order valence-corrected chi connectivity index (χ4v) is 1.43. The third kappa shape index (κ3) is 1.54. The van der Waals surface area contributed by atoms with Crippen LogP contribution in [0.2, 0.25) is 0 Å². The Morgan fingerprint density at radius 2 is 2.27 bits per heavy atom. The fraction of sp³-hybridized carbons (Fsp3) is 0.182. The van der Waals surface area contributed by atoms with Gasteiger partial charge in [0.05, 0.1) is 7.11 Å². The molecule has 0 fully saturated rings. The normalized spacial score (nSPS) is 10.3. The van der Waals surface area contributed by atoms with Crippen LogP contribution in [0.5, 0.6) is 5.75 Å². The Balaban J connectivity index is 2.60. The van der Waals surface area contributed by atoms with E-state index in [9.17, 15) is 4.79 Å². The van der Waals surface area contributed by atoms with Crippen LogP contribution in [0.15, 0.2) is 28.7 Å². The van der Waals surface area contributed by atoms with Crippen LogP contribution in [0.3, 0.4) is 0 Å². The molecule has 0 atom stereocenters. The second-order valence-electron chi connectivity index (χ2n) is 3.07. The van der Waals surface area contributed by atoms with Gasteiger partial charge >= 0.3 is 0 Å². The van der Waals surface area contributed by atoms with Crippen LogP contribution in [0.4, 0.5) is 0 Å². The summed E-state index contributed by atoms with van der Waals surface area (Å²) in [6, 6.07) is 7.20. The van der Waals surface area contributed by atoms with Crippen LogP contribution in [0.1, 0.15) is 10.6 Å². The maximum Gasteiger partial charge on any atom is 0.286 e. The Hall–Kier alpha value is -1.97. The fourth-order valence-electron chi connectivity index (χ4n) is 1.43. The van der Waals surface area contributed by atoms with Gasteiger partial charge in [-0.25, -0.2) is 0 Å². The molecular weight excluding hydrogens is 194 g/mol. The van der Waals surface area contributed by atoms with Crippen LogP contribution in [0.25, 0.3) is 11.0 Å². The Labute approximate surface area is 86.8 Å². The Kier molecular flexibility index (Phi) is 2.33. The molecule has 2 rings (SSSR count). The number of nitrogens with one attached hydrogen (secondary N) is 1. The second kappa shape index (κ2) is 3.65. The number of rotatable bonds is 2. The summed E-state index contributed by atoms with van der Waals surface area (Å²) in [4.78, 5) is 11.3. The molecule has 15 heavy (non-hydrogen) atoms. The number of amides is 1. The van der Waals surface area contributed by atoms with Crippen molar-refractivity contribution in [2.24, 2.45) is 0 Å². The molecule has 0 unspecified atom stereocenters. The molecule has 0 spiro atoms. The van der Waals surface area contributed by atoms with Crippen molar-refractivity contribution in [2.45, 2.75) is 0 Å². The number of furan rings is 1. The minimum absolute atomic E-state index is 0.242. The molecule has 0 aliphatic rings. The first-order valence-corrected chi connectivity index (χ1v) is 4.55. The monoisotopic (exact) mass is 205 g/mol. The van der Waals surface area contributed by atoms with E-state index in [2.05, 4.69) is 5.32 Å². The van der Waals surface area contributed by atoms with Gasteiger partial charge in [0.25, 0.3) is 5.91 Å². The number of fused-ring (bicyclic) bond motifs is 1. The smallest absolute Gasteiger partial charge is 0.286 e. The van der Waals surface area contributed by atoms with Crippen molar-refractivity contribution in [1.82, 2.24) is 5.32 Å². The first-order valence-electron chi connectivity index (χ1n) is 4.55. The van der Waals surface area contributed by atoms with E-state index in [1.54, 1.807) is 26.3 Å². The summed E-state index contributed by atoms with van der Waals surface area (Å²) in [7, 11) is 3.13. The number of hydrogen-bond acceptors (Lipinski definition) is 3. The number of ether oxygens (including phenoxy) is 1. The minimum atomic E-state index is -0.242. The van der Waals surface area contributed by atoms with Crippen molar-refractivity contribution in [3.63, 3.8) is 0 Å². The van der Waals surface area contributed by atoms with E-state index in [4.69, 9.17) is 9.15 Å². The zero-order chi connectivity index (χ0) is 10.8. The van der Waals surface area contributed by atoms with E-state index in [1.165, 1.54) is 0 Å². The molecular formula is C11H11NO3. The maximum absolute atomic E-state index is 11.3. The molecule has 0 saturated heterocycles. The first kappa shape index (κ1) is 9.58. The zero-order valence-electron chi connectivity index (χ0n) is 8.53. The van der Waals surface area contributed by atoms with Gasteiger partial charge in [-0.2, -0.15) is 0 Å². The summed E-state index contributed by atoms with van der Waals surface area (Å²) in [5, 5.41) is 3.36. The van der Waals surface area contributed by atoms with E-state index >= 15 is 0 Å². The molecule has 4 nitrogen and oxygen atoms in total. The minimum Gasteiger partial charge on any atom is -0.493 e. The lowest BCUT2D eigenvalue weighted by Crippen LogP contribution is -2.16. The van der Waals surface area contributed by atoms with Crippen molar-refractivity contribution >= 4 is 16.9 Å². The van der Waals surface area contributed by atoms with Crippen molar-refractivity contribution in [1.29, 1.82) is 0 Å². The number of para-hydroxylation sites is 1. The number of benzene rings is 1. The van der Waals surface area contributed by atoms with E-state index in [-0.39, 0.29) is 11.7 Å². The molecule has 2 aromatic rings. The lowest BCUT2D eigenvalue weighted by atomic mass is 10.2. The standard InChI is InChI=1S/C11H11NO3/c1-12-11(13)9-6-7-4-3-5-8(14-2)10(7)15-9/h3-6H,1-2H3,(H,12,13). The SMILES string of the molecule is CNC(=O)c1cc2cccc(OC)c2o1. The molecule has 1 aromatic heterocycles. The molecule has 0 saturated carbocycles. The van der Waals surface area contributed by atoms with Gasteiger partial charge < -0.3 is 14.5 Å². The highest BCUT2D eigenvalue weighted by Crippen LogP contribution is 2.28. The number of carbonyl (C=O) groups excluding carboxylic acids is 1. The van der Waals surface area contributed by atoms with Crippen LogP contribution in [-0.4, -0.2) is 20.1 Å². The molecule has 1 N–H and O–H groups in total. The highest BCUT2D eigenvalue weighted by molar-refractivity contribution is 5.97. The van der Waals surface area contributed by atoms with E-state index in [0.717, 1.165) is 5.39 Å². The third-order valence-corrected chi connectivity index (χ3v) is 2.18. The molecule has 1 amide bonds. The average molecular weight is 205 g/mol. The molecule has 1 aromatic carbocycles. The van der Waals surface area contributed by atoms with E-state index in [0.29, 0.717) is 11.3 Å². The summed E-state index contributed by atoms with van der Waals surface area (Å²) < 4.78 is 10.5. The summed E-state index contributed by atoms with van der Waals surface area (Å²) in [5.74, 6) is 0.674. The number of carbonyl (C=O) groups is 1. The van der Waals surface area contributed by atoms with Gasteiger partial charge in [-0.15, -0.1) is 0 Å². The van der Waals surface area contributed by atoms with E-state index in [1.807, 2.05) is 12.1 Å². The van der Waals surface area contributed by atoms with Gasteiger partial charge in [0.1, 0.15) is 0 Å².